The third-order valence-corrected chi connectivity index (χ3v) is 6.11. The Morgan fingerprint density at radius 3 is 2.61 bits per heavy atom. The van der Waals surface area contributed by atoms with Crippen molar-refractivity contribution in [3.63, 3.8) is 0 Å². The van der Waals surface area contributed by atoms with Crippen LogP contribution in [0.3, 0.4) is 0 Å². The average molecular weight is 379 g/mol. The fraction of sp³-hybridized carbons (Fsp3) is 0.391. The van der Waals surface area contributed by atoms with Gasteiger partial charge in [-0.05, 0) is 86.1 Å². The van der Waals surface area contributed by atoms with Crippen LogP contribution in [-0.2, 0) is 11.2 Å². The first-order valence-electron chi connectivity index (χ1n) is 10.0. The number of hydrogen-bond donors (Lipinski definition) is 2. The summed E-state index contributed by atoms with van der Waals surface area (Å²) in [5.41, 5.74) is 9.54. The molecule has 2 aromatic heterocycles. The third-order valence-electron chi connectivity index (χ3n) is 6.11. The Bertz CT molecular complexity index is 969. The van der Waals surface area contributed by atoms with Gasteiger partial charge in [-0.25, -0.2) is 9.37 Å². The van der Waals surface area contributed by atoms with Crippen LogP contribution in [0.2, 0.25) is 0 Å². The zero-order valence-electron chi connectivity index (χ0n) is 16.1. The molecule has 0 saturated heterocycles. The van der Waals surface area contributed by atoms with Crippen LogP contribution in [-0.4, -0.2) is 21.8 Å². The van der Waals surface area contributed by atoms with Gasteiger partial charge in [0.15, 0.2) is 0 Å². The van der Waals surface area contributed by atoms with Crippen LogP contribution < -0.4 is 5.73 Å². The van der Waals surface area contributed by atoms with Crippen molar-refractivity contribution in [1.29, 1.82) is 0 Å². The first-order valence-corrected chi connectivity index (χ1v) is 10.0. The molecule has 5 heteroatoms. The number of Topliss-reactive ketones (excluding diaryl/α,β-unsaturated/α-hetero) is 1. The summed E-state index contributed by atoms with van der Waals surface area (Å²) in [5, 5.41) is 0.958. The zero-order valence-corrected chi connectivity index (χ0v) is 16.1. The Hall–Kier alpha value is -2.53. The summed E-state index contributed by atoms with van der Waals surface area (Å²) in [7, 11) is 0. The van der Waals surface area contributed by atoms with E-state index in [0.717, 1.165) is 53.5 Å². The Morgan fingerprint density at radius 2 is 1.93 bits per heavy atom. The fourth-order valence-electron chi connectivity index (χ4n) is 4.32. The van der Waals surface area contributed by atoms with Gasteiger partial charge in [0, 0.05) is 35.7 Å². The number of rotatable bonds is 5. The van der Waals surface area contributed by atoms with Crippen LogP contribution in [0.5, 0.6) is 0 Å². The number of nitrogens with zero attached hydrogens (tertiary/aromatic N) is 1. The second-order valence-electron chi connectivity index (χ2n) is 8.04. The molecule has 1 aliphatic carbocycles. The summed E-state index contributed by atoms with van der Waals surface area (Å²) < 4.78 is 13.2. The summed E-state index contributed by atoms with van der Waals surface area (Å²) in [6.07, 6.45) is 6.12. The molecule has 1 aliphatic rings. The monoisotopic (exact) mass is 379 g/mol. The lowest BCUT2D eigenvalue weighted by Gasteiger charge is -2.30. The Balaban J connectivity index is 1.52. The van der Waals surface area contributed by atoms with E-state index in [0.29, 0.717) is 18.1 Å². The van der Waals surface area contributed by atoms with Crippen molar-refractivity contribution >= 4 is 16.8 Å². The molecule has 1 fully saturated rings. The van der Waals surface area contributed by atoms with Gasteiger partial charge < -0.3 is 10.7 Å². The largest absolute Gasteiger partial charge is 0.339 e. The summed E-state index contributed by atoms with van der Waals surface area (Å²) in [6, 6.07) is 10.5. The minimum atomic E-state index is -0.261. The molecule has 4 rings (SSSR count). The first-order chi connectivity index (χ1) is 13.5. The van der Waals surface area contributed by atoms with Gasteiger partial charge in [0.1, 0.15) is 17.2 Å². The number of aromatic nitrogens is 2. The maximum Gasteiger partial charge on any atom is 0.140 e. The Kier molecular flexibility index (Phi) is 5.27. The van der Waals surface area contributed by atoms with E-state index in [-0.39, 0.29) is 17.8 Å². The highest BCUT2D eigenvalue weighted by Gasteiger charge is 2.28. The molecule has 146 valence electrons. The van der Waals surface area contributed by atoms with Crippen LogP contribution in [0.1, 0.15) is 38.2 Å². The zero-order chi connectivity index (χ0) is 19.7. The number of aromatic amines is 1. The number of H-pyrrole nitrogens is 1. The van der Waals surface area contributed by atoms with Gasteiger partial charge in [0.2, 0.25) is 0 Å². The summed E-state index contributed by atoms with van der Waals surface area (Å²) in [5.74, 6) is 0.719. The van der Waals surface area contributed by atoms with Crippen molar-refractivity contribution < 1.29 is 9.18 Å². The van der Waals surface area contributed by atoms with Gasteiger partial charge in [0.25, 0.3) is 0 Å². The number of nitrogens with two attached hydrogens (primary N) is 1. The van der Waals surface area contributed by atoms with E-state index in [1.807, 2.05) is 12.1 Å². The topological polar surface area (TPSA) is 71.8 Å². The molecule has 3 aromatic rings. The minimum absolute atomic E-state index is 0.133. The summed E-state index contributed by atoms with van der Waals surface area (Å²) in [6.45, 7) is 2.06. The second-order valence-corrected chi connectivity index (χ2v) is 8.04. The minimum Gasteiger partial charge on any atom is -0.339 e. The molecular weight excluding hydrogens is 353 g/mol. The molecule has 1 atom stereocenters. The molecular formula is C23H26FN3O. The highest BCUT2D eigenvalue weighted by Crippen LogP contribution is 2.32. The van der Waals surface area contributed by atoms with E-state index >= 15 is 0 Å². The molecule has 0 aliphatic heterocycles. The third kappa shape index (κ3) is 3.85. The lowest BCUT2D eigenvalue weighted by atomic mass is 9.76. The molecule has 3 N–H and O–H groups in total. The van der Waals surface area contributed by atoms with E-state index in [1.54, 1.807) is 18.3 Å². The maximum absolute atomic E-state index is 13.2. The van der Waals surface area contributed by atoms with Gasteiger partial charge in [-0.15, -0.1) is 0 Å². The van der Waals surface area contributed by atoms with Crippen LogP contribution in [0.4, 0.5) is 4.39 Å². The molecule has 0 radical (unpaired) electrons. The Morgan fingerprint density at radius 1 is 1.21 bits per heavy atom. The summed E-state index contributed by atoms with van der Waals surface area (Å²) >= 11 is 0. The predicted molar refractivity (Wildman–Crippen MR) is 109 cm³/mol. The number of carbonyl (C=O) groups excluding carboxylic acids is 1. The van der Waals surface area contributed by atoms with Crippen molar-refractivity contribution in [2.24, 2.45) is 17.6 Å². The van der Waals surface area contributed by atoms with Crippen LogP contribution in [0, 0.1) is 17.7 Å². The van der Waals surface area contributed by atoms with Gasteiger partial charge in [0.05, 0.1) is 0 Å². The number of halogens is 1. The number of carbonyl (C=O) groups is 1. The van der Waals surface area contributed by atoms with Crippen LogP contribution in [0.25, 0.3) is 22.3 Å². The molecule has 1 saturated carbocycles. The molecule has 0 spiro atoms. The average Bonchev–Trinajstić information content (AvgIpc) is 3.14. The van der Waals surface area contributed by atoms with E-state index in [1.165, 1.54) is 12.1 Å². The smallest absolute Gasteiger partial charge is 0.140 e. The highest BCUT2D eigenvalue weighted by atomic mass is 19.1. The van der Waals surface area contributed by atoms with Gasteiger partial charge in [-0.1, -0.05) is 0 Å². The number of fused-ring (bicyclic) bond motifs is 1. The normalized spacial score (nSPS) is 21.0. The molecule has 28 heavy (non-hydrogen) atoms. The fourth-order valence-corrected chi connectivity index (χ4v) is 4.32. The van der Waals surface area contributed by atoms with Crippen molar-refractivity contribution in [3.8, 4) is 11.3 Å². The highest BCUT2D eigenvalue weighted by molar-refractivity contribution is 5.91. The Labute approximate surface area is 164 Å². The molecule has 1 unspecified atom stereocenters. The number of hydrogen-bond acceptors (Lipinski definition) is 3. The van der Waals surface area contributed by atoms with Crippen molar-refractivity contribution in [1.82, 2.24) is 9.97 Å². The number of benzene rings is 1. The number of nitrogens with one attached hydrogen (secondary N) is 1. The van der Waals surface area contributed by atoms with E-state index in [9.17, 15) is 9.18 Å². The van der Waals surface area contributed by atoms with Crippen molar-refractivity contribution in [2.45, 2.75) is 45.1 Å². The lowest BCUT2D eigenvalue weighted by Crippen LogP contribution is -2.32. The van der Waals surface area contributed by atoms with E-state index < -0.39 is 0 Å². The predicted octanol–water partition coefficient (Wildman–Crippen LogP) is 4.63. The quantitative estimate of drug-likeness (QED) is 0.679. The molecule has 0 amide bonds. The molecule has 4 nitrogen and oxygen atoms in total. The maximum atomic E-state index is 13.2. The van der Waals surface area contributed by atoms with Gasteiger partial charge in [-0.3, -0.25) is 4.79 Å². The number of pyridine rings is 1. The van der Waals surface area contributed by atoms with Gasteiger partial charge >= 0.3 is 0 Å². The van der Waals surface area contributed by atoms with Crippen LogP contribution in [0.15, 0.2) is 42.6 Å². The molecule has 0 bridgehead atoms. The van der Waals surface area contributed by atoms with Crippen molar-refractivity contribution in [2.75, 3.05) is 0 Å². The van der Waals surface area contributed by atoms with E-state index in [4.69, 9.17) is 5.73 Å². The van der Waals surface area contributed by atoms with Crippen LogP contribution >= 0.6 is 0 Å². The number of ketones is 1. The standard InChI is InChI=1S/C23H26FN3O/c1-14(25)15-2-4-17(5-3-15)22(28)12-18-10-11-26-23-20(18)13-21(27-23)16-6-8-19(24)9-7-16/h6-11,13-15,17H,2-5,12,25H2,1H3,(H,26,27). The second kappa shape index (κ2) is 7.84. The lowest BCUT2D eigenvalue weighted by molar-refractivity contribution is -0.123. The molecule has 1 aromatic carbocycles. The van der Waals surface area contributed by atoms with Crippen molar-refractivity contribution in [3.05, 3.63) is 54.0 Å². The SMILES string of the molecule is CC(N)C1CCC(C(=O)Cc2ccnc3[nH]c(-c4ccc(F)cc4)cc23)CC1. The van der Waals surface area contributed by atoms with E-state index in [2.05, 4.69) is 16.9 Å². The summed E-state index contributed by atoms with van der Waals surface area (Å²) in [4.78, 5) is 20.6. The van der Waals surface area contributed by atoms with Gasteiger partial charge in [-0.2, -0.15) is 0 Å². The molecule has 2 heterocycles. The first kappa shape index (κ1) is 18.8.